The molecule has 2 amide bonds. The molecule has 3 aromatic rings. The first kappa shape index (κ1) is 25.8. The number of aromatic nitrogens is 3. The summed E-state index contributed by atoms with van der Waals surface area (Å²) in [6.45, 7) is 8.44. The molecule has 180 valence electrons. The number of carbonyl (C=O) groups excluding carboxylic acids is 2. The molecule has 0 fully saturated rings. The third-order valence-electron chi connectivity index (χ3n) is 5.35. The molecule has 34 heavy (non-hydrogen) atoms. The maximum atomic E-state index is 12.8. The molecule has 1 N–H and O–H groups in total. The van der Waals surface area contributed by atoms with Gasteiger partial charge in [0.1, 0.15) is 5.69 Å². The zero-order valence-electron chi connectivity index (χ0n) is 20.0. The fraction of sp³-hybridized carbons (Fsp3) is 0.360. The smallest absolute Gasteiger partial charge is 0.227 e. The quantitative estimate of drug-likeness (QED) is 0.380. The van der Waals surface area contributed by atoms with Crippen LogP contribution in [0.1, 0.15) is 36.5 Å². The topological polar surface area (TPSA) is 80.1 Å². The van der Waals surface area contributed by atoms with Crippen molar-refractivity contribution in [1.29, 1.82) is 0 Å². The maximum absolute atomic E-state index is 12.8. The van der Waals surface area contributed by atoms with Crippen LogP contribution >= 0.6 is 23.4 Å². The standard InChI is InChI=1S/C25H30ClN5O2S/c1-5-30(21-16-31(29-25(21)26)20-7-6-10-27-15-20)23(33)9-12-34-11-8-22(32)28-24-18(3)13-17(2)14-19(24)4/h6-7,10,13-16H,5,8-9,11-12H2,1-4H3,(H,28,32). The highest BCUT2D eigenvalue weighted by Gasteiger charge is 2.20. The summed E-state index contributed by atoms with van der Waals surface area (Å²) in [5, 5.41) is 7.60. The summed E-state index contributed by atoms with van der Waals surface area (Å²) >= 11 is 7.92. The van der Waals surface area contributed by atoms with E-state index in [1.165, 1.54) is 5.56 Å². The SMILES string of the molecule is CCN(C(=O)CCSCCC(=O)Nc1c(C)cc(C)cc1C)c1cn(-c2cccnc2)nc1Cl. The Labute approximate surface area is 209 Å². The van der Waals surface area contributed by atoms with Crippen molar-refractivity contribution in [3.63, 3.8) is 0 Å². The number of thioether (sulfide) groups is 1. The summed E-state index contributed by atoms with van der Waals surface area (Å²) < 4.78 is 1.62. The van der Waals surface area contributed by atoms with Crippen molar-refractivity contribution in [3.05, 3.63) is 64.7 Å². The normalized spacial score (nSPS) is 10.9. The van der Waals surface area contributed by atoms with Crippen LogP contribution in [0.15, 0.2) is 42.9 Å². The van der Waals surface area contributed by atoms with Gasteiger partial charge >= 0.3 is 0 Å². The summed E-state index contributed by atoms with van der Waals surface area (Å²) in [4.78, 5) is 30.9. The first-order chi connectivity index (χ1) is 16.3. The summed E-state index contributed by atoms with van der Waals surface area (Å²) in [7, 11) is 0. The predicted molar refractivity (Wildman–Crippen MR) is 140 cm³/mol. The summed E-state index contributed by atoms with van der Waals surface area (Å²) in [6, 6.07) is 7.81. The second kappa shape index (κ2) is 12.0. The zero-order chi connectivity index (χ0) is 24.7. The minimum absolute atomic E-state index is 0.0151. The molecule has 0 unspecified atom stereocenters. The highest BCUT2D eigenvalue weighted by molar-refractivity contribution is 7.99. The van der Waals surface area contributed by atoms with Crippen LogP contribution in [-0.2, 0) is 9.59 Å². The number of nitrogens with one attached hydrogen (secondary N) is 1. The third-order valence-corrected chi connectivity index (χ3v) is 6.60. The molecular formula is C25H30ClN5O2S. The van der Waals surface area contributed by atoms with Crippen LogP contribution in [0.5, 0.6) is 0 Å². The molecule has 3 rings (SSSR count). The molecule has 0 aliphatic rings. The van der Waals surface area contributed by atoms with Gasteiger partial charge in [0, 0.05) is 42.8 Å². The van der Waals surface area contributed by atoms with Crippen LogP contribution in [0, 0.1) is 20.8 Å². The molecule has 0 aliphatic heterocycles. The number of aryl methyl sites for hydroxylation is 3. The lowest BCUT2D eigenvalue weighted by molar-refractivity contribution is -0.118. The van der Waals surface area contributed by atoms with Crippen molar-refractivity contribution in [3.8, 4) is 5.69 Å². The molecule has 2 heterocycles. The Hall–Kier alpha value is -2.84. The van der Waals surface area contributed by atoms with Crippen LogP contribution in [0.4, 0.5) is 11.4 Å². The Morgan fingerprint density at radius 2 is 1.85 bits per heavy atom. The Kier molecular flexibility index (Phi) is 9.12. The van der Waals surface area contributed by atoms with Crippen LogP contribution in [-0.4, -0.2) is 44.6 Å². The number of pyridine rings is 1. The van der Waals surface area contributed by atoms with E-state index in [2.05, 4.69) is 27.5 Å². The maximum Gasteiger partial charge on any atom is 0.227 e. The number of carbonyl (C=O) groups is 2. The minimum Gasteiger partial charge on any atom is -0.326 e. The molecule has 9 heteroatoms. The van der Waals surface area contributed by atoms with Crippen molar-refractivity contribution in [1.82, 2.24) is 14.8 Å². The van der Waals surface area contributed by atoms with Gasteiger partial charge in [-0.2, -0.15) is 16.9 Å². The lowest BCUT2D eigenvalue weighted by Gasteiger charge is -2.19. The average molecular weight is 500 g/mol. The van der Waals surface area contributed by atoms with Gasteiger partial charge in [-0.25, -0.2) is 4.68 Å². The van der Waals surface area contributed by atoms with Gasteiger partial charge in [0.05, 0.1) is 18.1 Å². The van der Waals surface area contributed by atoms with E-state index in [1.54, 1.807) is 39.9 Å². The minimum atomic E-state index is -0.0296. The van der Waals surface area contributed by atoms with E-state index in [4.69, 9.17) is 11.6 Å². The number of hydrogen-bond donors (Lipinski definition) is 1. The van der Waals surface area contributed by atoms with E-state index in [0.29, 0.717) is 36.6 Å². The fourth-order valence-corrected chi connectivity index (χ4v) is 4.85. The Morgan fingerprint density at radius 3 is 2.50 bits per heavy atom. The van der Waals surface area contributed by atoms with Crippen LogP contribution in [0.25, 0.3) is 5.69 Å². The Bertz CT molecular complexity index is 1130. The summed E-state index contributed by atoms with van der Waals surface area (Å²) in [5.41, 5.74) is 5.54. The monoisotopic (exact) mass is 499 g/mol. The molecular weight excluding hydrogens is 470 g/mol. The second-order valence-corrected chi connectivity index (χ2v) is 9.62. The first-order valence-electron chi connectivity index (χ1n) is 11.2. The molecule has 0 radical (unpaired) electrons. The molecule has 0 bridgehead atoms. The van der Waals surface area contributed by atoms with Gasteiger partial charge in [-0.3, -0.25) is 14.6 Å². The van der Waals surface area contributed by atoms with Gasteiger partial charge in [0.2, 0.25) is 11.8 Å². The number of rotatable bonds is 10. The molecule has 0 spiro atoms. The van der Waals surface area contributed by atoms with E-state index in [1.807, 2.05) is 39.8 Å². The van der Waals surface area contributed by atoms with E-state index >= 15 is 0 Å². The molecule has 0 saturated carbocycles. The predicted octanol–water partition coefficient (Wildman–Crippen LogP) is 5.35. The van der Waals surface area contributed by atoms with Crippen LogP contribution in [0.3, 0.4) is 0 Å². The molecule has 7 nitrogen and oxygen atoms in total. The van der Waals surface area contributed by atoms with Gasteiger partial charge in [-0.1, -0.05) is 29.3 Å². The van der Waals surface area contributed by atoms with Gasteiger partial charge in [-0.15, -0.1) is 0 Å². The number of nitrogens with zero attached hydrogens (tertiary/aromatic N) is 4. The molecule has 1 aromatic carbocycles. The van der Waals surface area contributed by atoms with Gasteiger partial charge in [0.15, 0.2) is 5.15 Å². The van der Waals surface area contributed by atoms with Crippen molar-refractivity contribution in [2.24, 2.45) is 0 Å². The number of amides is 2. The largest absolute Gasteiger partial charge is 0.326 e. The van der Waals surface area contributed by atoms with E-state index in [9.17, 15) is 9.59 Å². The number of halogens is 1. The lowest BCUT2D eigenvalue weighted by Crippen LogP contribution is -2.30. The van der Waals surface area contributed by atoms with Crippen LogP contribution in [0.2, 0.25) is 5.15 Å². The molecule has 0 atom stereocenters. The average Bonchev–Trinajstić information content (AvgIpc) is 3.18. The summed E-state index contributed by atoms with van der Waals surface area (Å²) in [5.74, 6) is 1.23. The zero-order valence-corrected chi connectivity index (χ0v) is 21.5. The van der Waals surface area contributed by atoms with E-state index < -0.39 is 0 Å². The van der Waals surface area contributed by atoms with Crippen molar-refractivity contribution < 1.29 is 9.59 Å². The molecule has 2 aromatic heterocycles. The van der Waals surface area contributed by atoms with Crippen molar-refractivity contribution >= 4 is 46.6 Å². The van der Waals surface area contributed by atoms with E-state index in [-0.39, 0.29) is 17.0 Å². The van der Waals surface area contributed by atoms with Gasteiger partial charge in [-0.05, 0) is 51.0 Å². The Morgan fingerprint density at radius 1 is 1.15 bits per heavy atom. The second-order valence-electron chi connectivity index (χ2n) is 8.03. The number of hydrogen-bond acceptors (Lipinski definition) is 5. The fourth-order valence-electron chi connectivity index (χ4n) is 3.77. The lowest BCUT2D eigenvalue weighted by atomic mass is 10.1. The third kappa shape index (κ3) is 6.61. The van der Waals surface area contributed by atoms with Gasteiger partial charge < -0.3 is 10.2 Å². The number of benzene rings is 1. The molecule has 0 saturated heterocycles. The molecule has 0 aliphatic carbocycles. The summed E-state index contributed by atoms with van der Waals surface area (Å²) in [6.07, 6.45) is 5.85. The Balaban J connectivity index is 1.47. The van der Waals surface area contributed by atoms with Crippen molar-refractivity contribution in [2.75, 3.05) is 28.3 Å². The van der Waals surface area contributed by atoms with E-state index in [0.717, 1.165) is 22.5 Å². The highest BCUT2D eigenvalue weighted by Crippen LogP contribution is 2.27. The van der Waals surface area contributed by atoms with Crippen LogP contribution < -0.4 is 10.2 Å². The van der Waals surface area contributed by atoms with Crippen molar-refractivity contribution in [2.45, 2.75) is 40.5 Å². The highest BCUT2D eigenvalue weighted by atomic mass is 35.5. The first-order valence-corrected chi connectivity index (χ1v) is 12.7. The number of anilines is 2. The van der Waals surface area contributed by atoms with Gasteiger partial charge in [0.25, 0.3) is 0 Å².